The molecule has 1 aromatic heterocycles. The van der Waals surface area contributed by atoms with E-state index in [-0.39, 0.29) is 5.91 Å². The quantitative estimate of drug-likeness (QED) is 0.861. The maximum absolute atomic E-state index is 12.5. The second-order valence-corrected chi connectivity index (χ2v) is 6.59. The summed E-state index contributed by atoms with van der Waals surface area (Å²) in [5.41, 5.74) is 0.622. The highest BCUT2D eigenvalue weighted by atomic mass is 35.5. The van der Waals surface area contributed by atoms with Crippen LogP contribution in [-0.4, -0.2) is 64.1 Å². The van der Waals surface area contributed by atoms with E-state index in [1.807, 2.05) is 11.8 Å². The third-order valence-corrected chi connectivity index (χ3v) is 3.63. The van der Waals surface area contributed by atoms with Crippen LogP contribution in [0, 0.1) is 6.92 Å². The van der Waals surface area contributed by atoms with E-state index in [1.165, 1.54) is 0 Å². The fourth-order valence-corrected chi connectivity index (χ4v) is 2.84. The van der Waals surface area contributed by atoms with E-state index < -0.39 is 5.60 Å². The minimum absolute atomic E-state index is 0.00897. The highest BCUT2D eigenvalue weighted by molar-refractivity contribution is 6.29. The van der Waals surface area contributed by atoms with Gasteiger partial charge in [-0.05, 0) is 32.9 Å². The van der Waals surface area contributed by atoms with Crippen molar-refractivity contribution in [2.24, 2.45) is 0 Å². The lowest BCUT2D eigenvalue weighted by Crippen LogP contribution is -2.52. The zero-order valence-corrected chi connectivity index (χ0v) is 13.5. The van der Waals surface area contributed by atoms with E-state index in [2.05, 4.69) is 9.88 Å². The molecule has 21 heavy (non-hydrogen) atoms. The van der Waals surface area contributed by atoms with Crippen molar-refractivity contribution in [1.29, 1.82) is 0 Å². The number of carbonyl (C=O) groups is 1. The summed E-state index contributed by atoms with van der Waals surface area (Å²) in [4.78, 5) is 20.5. The lowest BCUT2D eigenvalue weighted by Gasteiger charge is -2.37. The molecule has 0 aromatic carbocycles. The van der Waals surface area contributed by atoms with Crippen molar-refractivity contribution in [1.82, 2.24) is 14.8 Å². The van der Waals surface area contributed by atoms with Gasteiger partial charge in [-0.3, -0.25) is 9.69 Å². The number of hydrogen-bond donors (Lipinski definition) is 1. The molecule has 0 radical (unpaired) electrons. The topological polar surface area (TPSA) is 56.7 Å². The van der Waals surface area contributed by atoms with E-state index in [4.69, 9.17) is 11.6 Å². The van der Waals surface area contributed by atoms with E-state index >= 15 is 0 Å². The summed E-state index contributed by atoms with van der Waals surface area (Å²) >= 11 is 5.91. The van der Waals surface area contributed by atoms with Crippen molar-refractivity contribution in [3.8, 4) is 0 Å². The number of aliphatic hydroxyl groups is 1. The molecule has 1 saturated heterocycles. The third-order valence-electron chi connectivity index (χ3n) is 3.44. The normalized spacial score (nSPS) is 17.1. The zero-order valence-electron chi connectivity index (χ0n) is 12.8. The predicted molar refractivity (Wildman–Crippen MR) is 82.6 cm³/mol. The van der Waals surface area contributed by atoms with Gasteiger partial charge in [-0.25, -0.2) is 4.98 Å². The van der Waals surface area contributed by atoms with Gasteiger partial charge in [0, 0.05) is 44.0 Å². The number of halogens is 1. The van der Waals surface area contributed by atoms with Crippen molar-refractivity contribution in [3.05, 3.63) is 28.5 Å². The first kappa shape index (κ1) is 16.2. The Hall–Kier alpha value is -1.17. The van der Waals surface area contributed by atoms with E-state index in [1.54, 1.807) is 26.0 Å². The van der Waals surface area contributed by atoms with Gasteiger partial charge in [0.2, 0.25) is 0 Å². The average Bonchev–Trinajstić information content (AvgIpc) is 2.35. The average molecular weight is 312 g/mol. The molecule has 0 atom stereocenters. The fourth-order valence-electron chi connectivity index (χ4n) is 2.59. The molecule has 2 heterocycles. The molecule has 1 N–H and O–H groups in total. The summed E-state index contributed by atoms with van der Waals surface area (Å²) in [6.45, 7) is 8.90. The van der Waals surface area contributed by atoms with Crippen LogP contribution in [-0.2, 0) is 0 Å². The van der Waals surface area contributed by atoms with Gasteiger partial charge in [0.25, 0.3) is 5.91 Å². The van der Waals surface area contributed by atoms with Gasteiger partial charge in [-0.15, -0.1) is 0 Å². The maximum Gasteiger partial charge on any atom is 0.254 e. The number of piperazine rings is 1. The maximum atomic E-state index is 12.5. The second-order valence-electron chi connectivity index (χ2n) is 6.20. The number of aryl methyl sites for hydroxylation is 1. The first-order valence-corrected chi connectivity index (χ1v) is 7.50. The Bertz CT molecular complexity index is 500. The van der Waals surface area contributed by atoms with Crippen LogP contribution >= 0.6 is 11.6 Å². The van der Waals surface area contributed by atoms with E-state index in [0.717, 1.165) is 18.8 Å². The van der Waals surface area contributed by atoms with Gasteiger partial charge in [0.1, 0.15) is 5.15 Å². The molecule has 116 valence electrons. The van der Waals surface area contributed by atoms with Crippen LogP contribution in [0.1, 0.15) is 29.9 Å². The minimum atomic E-state index is -0.706. The Balaban J connectivity index is 1.97. The predicted octanol–water partition coefficient (Wildman–Crippen LogP) is 1.57. The number of carbonyl (C=O) groups excluding carboxylic acids is 1. The number of nitrogens with zero attached hydrogens (tertiary/aromatic N) is 3. The summed E-state index contributed by atoms with van der Waals surface area (Å²) in [5, 5.41) is 10.2. The Kier molecular flexibility index (Phi) is 4.86. The molecule has 1 aliphatic heterocycles. The van der Waals surface area contributed by atoms with Gasteiger partial charge in [0.15, 0.2) is 0 Å². The molecule has 0 bridgehead atoms. The number of amides is 1. The first-order chi connectivity index (χ1) is 9.74. The Morgan fingerprint density at radius 1 is 1.33 bits per heavy atom. The smallest absolute Gasteiger partial charge is 0.254 e. The van der Waals surface area contributed by atoms with Crippen LogP contribution < -0.4 is 0 Å². The molecule has 2 rings (SSSR count). The van der Waals surface area contributed by atoms with E-state index in [9.17, 15) is 9.90 Å². The molecule has 1 amide bonds. The number of hydrogen-bond acceptors (Lipinski definition) is 4. The monoisotopic (exact) mass is 311 g/mol. The number of β-amino-alcohol motifs (C(OH)–C–C–N with tert-alkyl or cyclic N) is 1. The number of aromatic nitrogens is 1. The Morgan fingerprint density at radius 3 is 2.48 bits per heavy atom. The van der Waals surface area contributed by atoms with Crippen molar-refractivity contribution < 1.29 is 9.90 Å². The molecule has 0 unspecified atom stereocenters. The van der Waals surface area contributed by atoms with Gasteiger partial charge in [-0.1, -0.05) is 11.6 Å². The lowest BCUT2D eigenvalue weighted by atomic mass is 10.1. The molecule has 0 saturated carbocycles. The van der Waals surface area contributed by atoms with Crippen LogP contribution in [0.15, 0.2) is 12.1 Å². The molecular weight excluding hydrogens is 290 g/mol. The lowest BCUT2D eigenvalue weighted by molar-refractivity contribution is 0.0178. The van der Waals surface area contributed by atoms with Crippen molar-refractivity contribution in [2.75, 3.05) is 32.7 Å². The fraction of sp³-hybridized carbons (Fsp3) is 0.600. The van der Waals surface area contributed by atoms with Gasteiger partial charge in [0.05, 0.1) is 5.60 Å². The van der Waals surface area contributed by atoms with Crippen LogP contribution in [0.2, 0.25) is 5.15 Å². The van der Waals surface area contributed by atoms with Crippen molar-refractivity contribution in [2.45, 2.75) is 26.4 Å². The zero-order chi connectivity index (χ0) is 15.6. The van der Waals surface area contributed by atoms with Crippen LogP contribution in [0.5, 0.6) is 0 Å². The van der Waals surface area contributed by atoms with E-state index in [0.29, 0.717) is 30.4 Å². The van der Waals surface area contributed by atoms with Crippen LogP contribution in [0.3, 0.4) is 0 Å². The second kappa shape index (κ2) is 6.30. The van der Waals surface area contributed by atoms with Crippen molar-refractivity contribution >= 4 is 17.5 Å². The molecule has 1 aromatic rings. The Morgan fingerprint density at radius 2 is 1.95 bits per heavy atom. The SMILES string of the molecule is Cc1cc(C(=O)N2CCN(CC(C)(C)O)CC2)cc(Cl)n1. The summed E-state index contributed by atoms with van der Waals surface area (Å²) in [7, 11) is 0. The molecule has 1 aliphatic rings. The molecule has 0 aliphatic carbocycles. The number of rotatable bonds is 3. The summed E-state index contributed by atoms with van der Waals surface area (Å²) in [6, 6.07) is 3.37. The molecule has 5 nitrogen and oxygen atoms in total. The molecule has 6 heteroatoms. The minimum Gasteiger partial charge on any atom is -0.389 e. The molecule has 1 fully saturated rings. The molecular formula is C15H22ClN3O2. The van der Waals surface area contributed by atoms with Crippen LogP contribution in [0.4, 0.5) is 0 Å². The standard InChI is InChI=1S/C15H22ClN3O2/c1-11-8-12(9-13(16)17-11)14(20)19-6-4-18(5-7-19)10-15(2,3)21/h8-9,21H,4-7,10H2,1-3H3. The summed E-state index contributed by atoms with van der Waals surface area (Å²) in [5.74, 6) is -0.00897. The van der Waals surface area contributed by atoms with Gasteiger partial charge < -0.3 is 10.0 Å². The summed E-state index contributed by atoms with van der Waals surface area (Å²) in [6.07, 6.45) is 0. The highest BCUT2D eigenvalue weighted by Gasteiger charge is 2.25. The highest BCUT2D eigenvalue weighted by Crippen LogP contribution is 2.15. The molecule has 0 spiro atoms. The first-order valence-electron chi connectivity index (χ1n) is 7.13. The van der Waals surface area contributed by atoms with Crippen LogP contribution in [0.25, 0.3) is 0 Å². The third kappa shape index (κ3) is 4.66. The largest absolute Gasteiger partial charge is 0.389 e. The van der Waals surface area contributed by atoms with Gasteiger partial charge >= 0.3 is 0 Å². The Labute approximate surface area is 130 Å². The van der Waals surface area contributed by atoms with Gasteiger partial charge in [-0.2, -0.15) is 0 Å². The summed E-state index contributed by atoms with van der Waals surface area (Å²) < 4.78 is 0. The van der Waals surface area contributed by atoms with Crippen molar-refractivity contribution in [3.63, 3.8) is 0 Å². The number of pyridine rings is 1.